The van der Waals surface area contributed by atoms with Crippen LogP contribution in [-0.2, 0) is 0 Å². The number of rotatable bonds is 5. The lowest BCUT2D eigenvalue weighted by Gasteiger charge is -2.09. The molecule has 22 heavy (non-hydrogen) atoms. The number of hydrogen-bond acceptors (Lipinski definition) is 6. The summed E-state index contributed by atoms with van der Waals surface area (Å²) in [5.74, 6) is 0.717. The molecule has 0 aliphatic carbocycles. The Morgan fingerprint density at radius 1 is 1.23 bits per heavy atom. The van der Waals surface area contributed by atoms with Crippen LogP contribution in [-0.4, -0.2) is 11.5 Å². The van der Waals surface area contributed by atoms with E-state index in [2.05, 4.69) is 10.2 Å². The lowest BCUT2D eigenvalue weighted by Crippen LogP contribution is -1.96. The Bertz CT molecular complexity index is 711. The number of nitro benzene ring substituents is 1. The third-order valence-electron chi connectivity index (χ3n) is 2.96. The molecule has 0 atom stereocenters. The van der Waals surface area contributed by atoms with Crippen LogP contribution in [0.3, 0.4) is 0 Å². The van der Waals surface area contributed by atoms with Crippen molar-refractivity contribution in [2.45, 2.75) is 13.8 Å². The Balaban J connectivity index is 2.22. The highest BCUT2D eigenvalue weighted by molar-refractivity contribution is 5.67. The van der Waals surface area contributed by atoms with E-state index >= 15 is 0 Å². The van der Waals surface area contributed by atoms with E-state index in [-0.39, 0.29) is 5.69 Å². The van der Waals surface area contributed by atoms with Crippen LogP contribution < -0.4 is 10.5 Å². The van der Waals surface area contributed by atoms with E-state index in [4.69, 9.17) is 10.5 Å². The molecule has 0 aliphatic rings. The van der Waals surface area contributed by atoms with Crippen LogP contribution in [0.1, 0.15) is 12.5 Å². The van der Waals surface area contributed by atoms with Crippen LogP contribution in [0.5, 0.6) is 5.75 Å². The summed E-state index contributed by atoms with van der Waals surface area (Å²) < 4.78 is 5.45. The van der Waals surface area contributed by atoms with Gasteiger partial charge < -0.3 is 10.5 Å². The first-order valence-electron chi connectivity index (χ1n) is 6.70. The van der Waals surface area contributed by atoms with Gasteiger partial charge in [-0.15, -0.1) is 5.11 Å². The van der Waals surface area contributed by atoms with E-state index < -0.39 is 4.92 Å². The predicted molar refractivity (Wildman–Crippen MR) is 84.0 cm³/mol. The molecule has 0 bridgehead atoms. The summed E-state index contributed by atoms with van der Waals surface area (Å²) >= 11 is 0. The number of nitrogen functional groups attached to an aromatic ring is 1. The lowest BCUT2D eigenvalue weighted by atomic mass is 10.2. The fraction of sp³-hybridized carbons (Fsp3) is 0.200. The smallest absolute Gasteiger partial charge is 0.269 e. The van der Waals surface area contributed by atoms with Crippen LogP contribution in [0, 0.1) is 17.0 Å². The zero-order valence-electron chi connectivity index (χ0n) is 12.3. The monoisotopic (exact) mass is 300 g/mol. The SMILES string of the molecule is CCOc1cc(N)c(/N=N/c2ccc([N+](=O)[O-])cc2)cc1C. The van der Waals surface area contributed by atoms with Crippen molar-refractivity contribution < 1.29 is 9.66 Å². The van der Waals surface area contributed by atoms with Gasteiger partial charge in [0.1, 0.15) is 11.4 Å². The van der Waals surface area contributed by atoms with Gasteiger partial charge >= 0.3 is 0 Å². The molecule has 0 aromatic heterocycles. The molecule has 2 aromatic carbocycles. The molecular weight excluding hydrogens is 284 g/mol. The van der Waals surface area contributed by atoms with Crippen LogP contribution >= 0.6 is 0 Å². The van der Waals surface area contributed by atoms with E-state index in [1.807, 2.05) is 13.8 Å². The van der Waals surface area contributed by atoms with Gasteiger partial charge in [0.2, 0.25) is 0 Å². The molecule has 0 heterocycles. The summed E-state index contributed by atoms with van der Waals surface area (Å²) in [6.45, 7) is 4.36. The highest BCUT2D eigenvalue weighted by Gasteiger charge is 2.06. The summed E-state index contributed by atoms with van der Waals surface area (Å²) in [4.78, 5) is 10.1. The first-order valence-corrected chi connectivity index (χ1v) is 6.70. The largest absolute Gasteiger partial charge is 0.494 e. The number of benzene rings is 2. The van der Waals surface area contributed by atoms with Crippen molar-refractivity contribution in [3.05, 3.63) is 52.1 Å². The first-order chi connectivity index (χ1) is 10.5. The maximum Gasteiger partial charge on any atom is 0.269 e. The van der Waals surface area contributed by atoms with Gasteiger partial charge in [-0.2, -0.15) is 5.11 Å². The van der Waals surface area contributed by atoms with E-state index in [0.717, 1.165) is 5.56 Å². The molecule has 7 heteroatoms. The highest BCUT2D eigenvalue weighted by atomic mass is 16.6. The molecule has 0 fully saturated rings. The summed E-state index contributed by atoms with van der Waals surface area (Å²) in [5.41, 5.74) is 8.34. The average molecular weight is 300 g/mol. The quantitative estimate of drug-likeness (QED) is 0.384. The van der Waals surface area contributed by atoms with Gasteiger partial charge in [-0.3, -0.25) is 10.1 Å². The number of azo groups is 1. The van der Waals surface area contributed by atoms with Crippen molar-refractivity contribution in [2.24, 2.45) is 10.2 Å². The van der Waals surface area contributed by atoms with Gasteiger partial charge in [-0.1, -0.05) is 0 Å². The predicted octanol–water partition coefficient (Wildman–Crippen LogP) is 4.30. The fourth-order valence-corrected chi connectivity index (χ4v) is 1.84. The number of aryl methyl sites for hydroxylation is 1. The molecule has 0 radical (unpaired) electrons. The minimum Gasteiger partial charge on any atom is -0.494 e. The van der Waals surface area contributed by atoms with Gasteiger partial charge in [-0.05, 0) is 37.6 Å². The van der Waals surface area contributed by atoms with E-state index in [1.54, 1.807) is 12.1 Å². The normalized spacial score (nSPS) is 10.8. The maximum absolute atomic E-state index is 10.6. The second-order valence-electron chi connectivity index (χ2n) is 4.58. The van der Waals surface area contributed by atoms with Crippen molar-refractivity contribution in [3.8, 4) is 5.75 Å². The molecule has 2 N–H and O–H groups in total. The second-order valence-corrected chi connectivity index (χ2v) is 4.58. The fourth-order valence-electron chi connectivity index (χ4n) is 1.84. The third-order valence-corrected chi connectivity index (χ3v) is 2.96. The van der Waals surface area contributed by atoms with E-state index in [9.17, 15) is 10.1 Å². The third kappa shape index (κ3) is 3.57. The minimum atomic E-state index is -0.464. The van der Waals surface area contributed by atoms with E-state index in [0.29, 0.717) is 29.4 Å². The van der Waals surface area contributed by atoms with Crippen molar-refractivity contribution >= 4 is 22.7 Å². The maximum atomic E-state index is 10.6. The standard InChI is InChI=1S/C15H16N4O3/c1-3-22-15-9-13(16)14(8-10(15)2)18-17-11-4-6-12(7-5-11)19(20)21/h4-9H,3,16H2,1-2H3/b18-17+. The zero-order valence-corrected chi connectivity index (χ0v) is 12.3. The summed E-state index contributed by atoms with van der Waals surface area (Å²) in [6, 6.07) is 9.30. The number of nitrogens with two attached hydrogens (primary N) is 1. The van der Waals surface area contributed by atoms with Crippen LogP contribution in [0.2, 0.25) is 0 Å². The molecule has 0 spiro atoms. The number of hydrogen-bond donors (Lipinski definition) is 1. The molecule has 0 amide bonds. The molecule has 2 rings (SSSR count). The van der Waals surface area contributed by atoms with Crippen molar-refractivity contribution in [1.82, 2.24) is 0 Å². The molecule has 0 unspecified atom stereocenters. The first kappa shape index (κ1) is 15.4. The number of ether oxygens (including phenoxy) is 1. The Labute approximate surface area is 127 Å². The molecule has 0 saturated carbocycles. The number of anilines is 1. The molecule has 0 saturated heterocycles. The molecular formula is C15H16N4O3. The number of non-ortho nitro benzene ring substituents is 1. The summed E-state index contributed by atoms with van der Waals surface area (Å²) in [6.07, 6.45) is 0. The summed E-state index contributed by atoms with van der Waals surface area (Å²) in [7, 11) is 0. The Hall–Kier alpha value is -2.96. The van der Waals surface area contributed by atoms with Crippen molar-refractivity contribution in [3.63, 3.8) is 0 Å². The van der Waals surface area contributed by atoms with Crippen LogP contribution in [0.25, 0.3) is 0 Å². The average Bonchev–Trinajstić information content (AvgIpc) is 2.50. The zero-order chi connectivity index (χ0) is 16.1. The molecule has 2 aromatic rings. The topological polar surface area (TPSA) is 103 Å². The van der Waals surface area contributed by atoms with Gasteiger partial charge in [0, 0.05) is 18.2 Å². The molecule has 114 valence electrons. The van der Waals surface area contributed by atoms with Gasteiger partial charge in [-0.25, -0.2) is 0 Å². The van der Waals surface area contributed by atoms with Crippen LogP contribution in [0.15, 0.2) is 46.6 Å². The Morgan fingerprint density at radius 2 is 1.91 bits per heavy atom. The highest BCUT2D eigenvalue weighted by Crippen LogP contribution is 2.32. The van der Waals surface area contributed by atoms with Crippen molar-refractivity contribution in [1.29, 1.82) is 0 Å². The minimum absolute atomic E-state index is 0.00961. The van der Waals surface area contributed by atoms with E-state index in [1.165, 1.54) is 24.3 Å². The van der Waals surface area contributed by atoms with Gasteiger partial charge in [0.05, 0.1) is 22.9 Å². The Kier molecular flexibility index (Phi) is 4.67. The molecule has 0 aliphatic heterocycles. The van der Waals surface area contributed by atoms with Gasteiger partial charge in [0.25, 0.3) is 5.69 Å². The lowest BCUT2D eigenvalue weighted by molar-refractivity contribution is -0.384. The summed E-state index contributed by atoms with van der Waals surface area (Å²) in [5, 5.41) is 18.7. The van der Waals surface area contributed by atoms with Gasteiger partial charge in [0.15, 0.2) is 0 Å². The number of nitrogens with zero attached hydrogens (tertiary/aromatic N) is 3. The van der Waals surface area contributed by atoms with Crippen LogP contribution in [0.4, 0.5) is 22.7 Å². The number of nitro groups is 1. The molecule has 7 nitrogen and oxygen atoms in total. The van der Waals surface area contributed by atoms with Crippen molar-refractivity contribution in [2.75, 3.05) is 12.3 Å². The Morgan fingerprint density at radius 3 is 2.50 bits per heavy atom. The second kappa shape index (κ2) is 6.66.